The van der Waals surface area contributed by atoms with Crippen molar-refractivity contribution in [1.29, 1.82) is 0 Å². The molecule has 5 nitrogen and oxygen atoms in total. The number of carbonyl (C=O) groups is 1. The van der Waals surface area contributed by atoms with Crippen LogP contribution in [0.15, 0.2) is 42.4 Å². The third-order valence-electron chi connectivity index (χ3n) is 3.08. The zero-order valence-corrected chi connectivity index (χ0v) is 16.9. The Balaban J connectivity index is 0.00000151. The highest BCUT2D eigenvalue weighted by Crippen LogP contribution is 2.27. The molecule has 0 aliphatic carbocycles. The van der Waals surface area contributed by atoms with Crippen LogP contribution in [0.25, 0.3) is 10.9 Å². The van der Waals surface area contributed by atoms with Crippen molar-refractivity contribution in [3.05, 3.63) is 47.9 Å². The van der Waals surface area contributed by atoms with Crippen LogP contribution in [0.1, 0.15) is 33.3 Å². The molecule has 0 spiro atoms. The van der Waals surface area contributed by atoms with Crippen LogP contribution in [0, 0.1) is 12.3 Å². The van der Waals surface area contributed by atoms with E-state index in [9.17, 15) is 4.79 Å². The van der Waals surface area contributed by atoms with E-state index in [4.69, 9.17) is 6.42 Å². The number of hydrogen-bond acceptors (Lipinski definition) is 4. The number of aromatic nitrogens is 2. The van der Waals surface area contributed by atoms with Crippen molar-refractivity contribution < 1.29 is 4.79 Å². The summed E-state index contributed by atoms with van der Waals surface area (Å²) in [7, 11) is 0. The van der Waals surface area contributed by atoms with Gasteiger partial charge in [-0.1, -0.05) is 31.9 Å². The summed E-state index contributed by atoms with van der Waals surface area (Å²) in [5, 5.41) is 6.75. The third-order valence-corrected chi connectivity index (χ3v) is 3.35. The van der Waals surface area contributed by atoms with E-state index in [1.165, 1.54) is 6.33 Å². The maximum atomic E-state index is 11.4. The molecule has 0 bridgehead atoms. The van der Waals surface area contributed by atoms with Gasteiger partial charge in [-0.3, -0.25) is 4.79 Å². The summed E-state index contributed by atoms with van der Waals surface area (Å²) in [6.07, 6.45) is 12.8. The Morgan fingerprint density at radius 2 is 1.96 bits per heavy atom. The lowest BCUT2D eigenvalue weighted by molar-refractivity contribution is 0.272. The fraction of sp³-hybridized carbons (Fsp3) is 0.211. The maximum absolute atomic E-state index is 11.4. The Kier molecular flexibility index (Phi) is 8.64. The Labute approximate surface area is 162 Å². The van der Waals surface area contributed by atoms with Gasteiger partial charge >= 0.3 is 0 Å². The first-order chi connectivity index (χ1) is 12.1. The van der Waals surface area contributed by atoms with Gasteiger partial charge in [-0.05, 0) is 32.1 Å². The van der Waals surface area contributed by atoms with Crippen LogP contribution < -0.4 is 10.6 Å². The number of anilines is 2. The van der Waals surface area contributed by atoms with Gasteiger partial charge in [-0.15, -0.1) is 6.42 Å². The lowest BCUT2D eigenvalue weighted by Gasteiger charge is -2.11. The van der Waals surface area contributed by atoms with Crippen LogP contribution in [0.3, 0.4) is 0 Å². The van der Waals surface area contributed by atoms with E-state index in [2.05, 4.69) is 26.5 Å². The van der Waals surface area contributed by atoms with Gasteiger partial charge in [-0.25, -0.2) is 9.97 Å². The van der Waals surface area contributed by atoms with Gasteiger partial charge in [0.25, 0.3) is 3.91 Å². The molecule has 0 atom stereocenters. The highest BCUT2D eigenvalue weighted by atomic mass is 127. The normalized spacial score (nSPS) is 10.8. The van der Waals surface area contributed by atoms with Crippen molar-refractivity contribution in [2.24, 2.45) is 0 Å². The number of hydrogen-bond donors (Lipinski definition) is 2. The van der Waals surface area contributed by atoms with Crippen LogP contribution in [-0.2, 0) is 0 Å². The second-order valence-corrected chi connectivity index (χ2v) is 5.53. The van der Waals surface area contributed by atoms with E-state index in [0.29, 0.717) is 22.6 Å². The van der Waals surface area contributed by atoms with E-state index in [1.807, 2.05) is 45.9 Å². The SMILES string of the molecule is C#Cc1cc2ncnc(NC(/C=C\C)=C/C)c2cc1NC(=O)I.CC. The molecule has 0 fully saturated rings. The quantitative estimate of drug-likeness (QED) is 0.213. The van der Waals surface area contributed by atoms with Gasteiger partial charge in [0, 0.05) is 33.7 Å². The van der Waals surface area contributed by atoms with Gasteiger partial charge in [-0.2, -0.15) is 0 Å². The monoisotopic (exact) mass is 448 g/mol. The fourth-order valence-electron chi connectivity index (χ4n) is 2.06. The predicted molar refractivity (Wildman–Crippen MR) is 114 cm³/mol. The van der Waals surface area contributed by atoms with Crippen LogP contribution in [0.4, 0.5) is 16.3 Å². The first-order valence-corrected chi connectivity index (χ1v) is 8.94. The molecule has 1 aromatic heterocycles. The van der Waals surface area contributed by atoms with Crippen molar-refractivity contribution in [2.45, 2.75) is 27.7 Å². The molecule has 130 valence electrons. The first-order valence-electron chi connectivity index (χ1n) is 7.87. The molecule has 0 aliphatic heterocycles. The van der Waals surface area contributed by atoms with Crippen molar-refractivity contribution in [3.8, 4) is 12.3 Å². The van der Waals surface area contributed by atoms with E-state index < -0.39 is 0 Å². The molecular formula is C19H21IN4O. The average molecular weight is 448 g/mol. The van der Waals surface area contributed by atoms with E-state index >= 15 is 0 Å². The Hall–Kier alpha value is -2.40. The van der Waals surface area contributed by atoms with Crippen LogP contribution in [-0.4, -0.2) is 13.9 Å². The zero-order valence-electron chi connectivity index (χ0n) is 14.7. The van der Waals surface area contributed by atoms with E-state index in [0.717, 1.165) is 11.1 Å². The lowest BCUT2D eigenvalue weighted by atomic mass is 10.1. The molecule has 6 heteroatoms. The summed E-state index contributed by atoms with van der Waals surface area (Å²) >= 11 is 1.66. The molecule has 0 saturated carbocycles. The summed E-state index contributed by atoms with van der Waals surface area (Å²) in [4.78, 5) is 19.9. The molecule has 0 unspecified atom stereocenters. The van der Waals surface area contributed by atoms with Gasteiger partial charge in [0.1, 0.15) is 12.1 Å². The predicted octanol–water partition coefficient (Wildman–Crippen LogP) is 5.50. The fourth-order valence-corrected chi connectivity index (χ4v) is 2.35. The number of benzene rings is 1. The molecule has 25 heavy (non-hydrogen) atoms. The first kappa shape index (κ1) is 20.6. The molecule has 2 rings (SSSR count). The summed E-state index contributed by atoms with van der Waals surface area (Å²) in [5.41, 5.74) is 2.75. The molecule has 2 aromatic rings. The molecule has 1 amide bonds. The van der Waals surface area contributed by atoms with Crippen molar-refractivity contribution >= 4 is 48.9 Å². The molecule has 1 aromatic carbocycles. The van der Waals surface area contributed by atoms with Crippen LogP contribution in [0.5, 0.6) is 0 Å². The molecule has 1 heterocycles. The summed E-state index contributed by atoms with van der Waals surface area (Å²) < 4.78 is -0.215. The lowest BCUT2D eigenvalue weighted by Crippen LogP contribution is -2.05. The number of carbonyl (C=O) groups excluding carboxylic acids is 1. The Morgan fingerprint density at radius 1 is 1.24 bits per heavy atom. The van der Waals surface area contributed by atoms with Gasteiger partial charge in [0.2, 0.25) is 0 Å². The summed E-state index contributed by atoms with van der Waals surface area (Å²) in [6.45, 7) is 7.88. The Bertz CT molecular complexity index is 850. The number of terminal acetylenes is 1. The number of halogens is 1. The van der Waals surface area contributed by atoms with Crippen molar-refractivity contribution in [2.75, 3.05) is 10.6 Å². The number of fused-ring (bicyclic) bond motifs is 1. The van der Waals surface area contributed by atoms with Crippen molar-refractivity contribution in [1.82, 2.24) is 9.97 Å². The summed E-state index contributed by atoms with van der Waals surface area (Å²) in [6, 6.07) is 3.54. The molecule has 0 aliphatic rings. The largest absolute Gasteiger partial charge is 0.340 e. The minimum Gasteiger partial charge on any atom is -0.340 e. The minimum atomic E-state index is -0.215. The Morgan fingerprint density at radius 3 is 2.52 bits per heavy atom. The number of nitrogens with one attached hydrogen (secondary N) is 2. The van der Waals surface area contributed by atoms with E-state index in [1.54, 1.807) is 34.7 Å². The molecule has 2 N–H and O–H groups in total. The van der Waals surface area contributed by atoms with Crippen molar-refractivity contribution in [3.63, 3.8) is 0 Å². The van der Waals surface area contributed by atoms with Gasteiger partial charge in [0.05, 0.1) is 16.8 Å². The zero-order chi connectivity index (χ0) is 18.8. The van der Waals surface area contributed by atoms with E-state index in [-0.39, 0.29) is 3.91 Å². The molecule has 0 saturated heterocycles. The average Bonchev–Trinajstić information content (AvgIpc) is 2.62. The summed E-state index contributed by atoms with van der Waals surface area (Å²) in [5.74, 6) is 3.21. The number of nitrogens with zero attached hydrogens (tertiary/aromatic N) is 2. The van der Waals surface area contributed by atoms with Crippen LogP contribution >= 0.6 is 22.6 Å². The van der Waals surface area contributed by atoms with Gasteiger partial charge in [0.15, 0.2) is 0 Å². The number of rotatable bonds is 4. The number of allylic oxidation sites excluding steroid dienone is 3. The molecular weight excluding hydrogens is 427 g/mol. The maximum Gasteiger partial charge on any atom is 0.285 e. The van der Waals surface area contributed by atoms with Crippen LogP contribution in [0.2, 0.25) is 0 Å². The minimum absolute atomic E-state index is 0.215. The van der Waals surface area contributed by atoms with Gasteiger partial charge < -0.3 is 10.6 Å². The number of amides is 1. The smallest absolute Gasteiger partial charge is 0.285 e. The topological polar surface area (TPSA) is 66.9 Å². The second-order valence-electron chi connectivity index (χ2n) is 4.55. The molecule has 0 radical (unpaired) electrons. The highest BCUT2D eigenvalue weighted by molar-refractivity contribution is 14.1. The highest BCUT2D eigenvalue weighted by Gasteiger charge is 2.10. The standard InChI is InChI=1S/C17H15IN4O.C2H6/c1-4-7-12(6-3)21-16-13-9-14(22-17(18)23)11(5-2)8-15(13)19-10-20-16;1-2/h2,4,6-10H,1,3H3,(H,22,23)(H,19,20,21);1-2H3/b7-4-,12-6+;. The third kappa shape index (κ3) is 5.57. The second kappa shape index (κ2) is 10.5.